The standard InChI is InChI=1S/C25H20BrClN2O2/c1-2-17-6-9-23(10-7-17)29-25(30)20(15-28)13-19-14-21(26)8-11-24(19)31-16-18-4-3-5-22(27)12-18/h3-14H,2,16H2,1H3,(H,29,30)/b20-13+. The van der Waals surface area contributed by atoms with Crippen LogP contribution >= 0.6 is 27.5 Å². The van der Waals surface area contributed by atoms with E-state index in [0.29, 0.717) is 28.6 Å². The van der Waals surface area contributed by atoms with Crippen LogP contribution in [0.1, 0.15) is 23.6 Å². The second kappa shape index (κ2) is 10.8. The number of rotatable bonds is 7. The third-order valence-corrected chi connectivity index (χ3v) is 5.27. The van der Waals surface area contributed by atoms with E-state index >= 15 is 0 Å². The molecule has 1 N–H and O–H groups in total. The van der Waals surface area contributed by atoms with Gasteiger partial charge in [-0.1, -0.05) is 58.7 Å². The highest BCUT2D eigenvalue weighted by Crippen LogP contribution is 2.27. The summed E-state index contributed by atoms with van der Waals surface area (Å²) < 4.78 is 6.74. The van der Waals surface area contributed by atoms with E-state index in [1.807, 2.05) is 54.6 Å². The van der Waals surface area contributed by atoms with E-state index in [-0.39, 0.29) is 5.57 Å². The predicted octanol–water partition coefficient (Wildman–Crippen LogP) is 6.79. The molecular weight excluding hydrogens is 476 g/mol. The zero-order chi connectivity index (χ0) is 22.2. The Morgan fingerprint density at radius 3 is 2.58 bits per heavy atom. The molecular formula is C25H20BrClN2O2. The summed E-state index contributed by atoms with van der Waals surface area (Å²) in [5, 5.41) is 13.0. The molecule has 0 aliphatic rings. The molecule has 0 saturated carbocycles. The first-order valence-electron chi connectivity index (χ1n) is 9.67. The minimum atomic E-state index is -0.479. The molecule has 3 rings (SSSR count). The Morgan fingerprint density at radius 1 is 1.13 bits per heavy atom. The number of aryl methyl sites for hydroxylation is 1. The molecule has 156 valence electrons. The summed E-state index contributed by atoms with van der Waals surface area (Å²) >= 11 is 9.47. The van der Waals surface area contributed by atoms with Gasteiger partial charge in [-0.25, -0.2) is 0 Å². The number of ether oxygens (including phenoxy) is 1. The summed E-state index contributed by atoms with van der Waals surface area (Å²) in [6.07, 6.45) is 2.44. The third-order valence-electron chi connectivity index (χ3n) is 4.54. The first-order chi connectivity index (χ1) is 15.0. The van der Waals surface area contributed by atoms with Gasteiger partial charge in [0.25, 0.3) is 5.91 Å². The molecule has 0 spiro atoms. The van der Waals surface area contributed by atoms with Gasteiger partial charge >= 0.3 is 0 Å². The zero-order valence-electron chi connectivity index (χ0n) is 16.9. The highest BCUT2D eigenvalue weighted by molar-refractivity contribution is 9.10. The van der Waals surface area contributed by atoms with Gasteiger partial charge in [0.1, 0.15) is 24.0 Å². The van der Waals surface area contributed by atoms with Crippen LogP contribution in [0.15, 0.2) is 76.8 Å². The minimum absolute atomic E-state index is 0.0229. The van der Waals surface area contributed by atoms with Crippen LogP contribution < -0.4 is 10.1 Å². The maximum atomic E-state index is 12.6. The number of nitriles is 1. The Hall–Kier alpha value is -3.07. The van der Waals surface area contributed by atoms with Crippen LogP contribution in [0.4, 0.5) is 5.69 Å². The summed E-state index contributed by atoms with van der Waals surface area (Å²) in [7, 11) is 0. The van der Waals surface area contributed by atoms with Crippen molar-refractivity contribution in [2.75, 3.05) is 5.32 Å². The SMILES string of the molecule is CCc1ccc(NC(=O)/C(C#N)=C/c2cc(Br)ccc2OCc2cccc(Cl)c2)cc1. The van der Waals surface area contributed by atoms with Crippen molar-refractivity contribution < 1.29 is 9.53 Å². The van der Waals surface area contributed by atoms with Crippen LogP contribution in [-0.4, -0.2) is 5.91 Å². The molecule has 0 saturated heterocycles. The second-order valence-corrected chi connectivity index (χ2v) is 8.13. The van der Waals surface area contributed by atoms with Crippen LogP contribution in [-0.2, 0) is 17.8 Å². The lowest BCUT2D eigenvalue weighted by atomic mass is 10.1. The smallest absolute Gasteiger partial charge is 0.266 e. The number of hydrogen-bond acceptors (Lipinski definition) is 3. The van der Waals surface area contributed by atoms with E-state index in [1.54, 1.807) is 18.2 Å². The fourth-order valence-electron chi connectivity index (χ4n) is 2.88. The lowest BCUT2D eigenvalue weighted by Gasteiger charge is -2.11. The molecule has 1 amide bonds. The molecule has 0 aliphatic heterocycles. The molecule has 3 aromatic rings. The van der Waals surface area contributed by atoms with Crippen molar-refractivity contribution in [2.24, 2.45) is 0 Å². The topological polar surface area (TPSA) is 62.1 Å². The van der Waals surface area contributed by atoms with E-state index in [4.69, 9.17) is 16.3 Å². The molecule has 0 fully saturated rings. The Kier molecular flexibility index (Phi) is 7.88. The van der Waals surface area contributed by atoms with Crippen LogP contribution in [0.5, 0.6) is 5.75 Å². The van der Waals surface area contributed by atoms with Crippen molar-refractivity contribution in [3.63, 3.8) is 0 Å². The molecule has 0 bridgehead atoms. The first kappa shape index (κ1) is 22.6. The van der Waals surface area contributed by atoms with Crippen molar-refractivity contribution in [2.45, 2.75) is 20.0 Å². The van der Waals surface area contributed by atoms with Crippen LogP contribution in [0.3, 0.4) is 0 Å². The van der Waals surface area contributed by atoms with Gasteiger partial charge in [-0.05, 0) is 66.1 Å². The van der Waals surface area contributed by atoms with E-state index in [0.717, 1.165) is 16.5 Å². The van der Waals surface area contributed by atoms with Gasteiger partial charge in [0, 0.05) is 20.7 Å². The molecule has 3 aromatic carbocycles. The third kappa shape index (κ3) is 6.45. The molecule has 6 heteroatoms. The summed E-state index contributed by atoms with van der Waals surface area (Å²) in [6, 6.07) is 22.3. The Labute approximate surface area is 195 Å². The van der Waals surface area contributed by atoms with Crippen molar-refractivity contribution in [1.29, 1.82) is 5.26 Å². The number of benzene rings is 3. The maximum absolute atomic E-state index is 12.6. The van der Waals surface area contributed by atoms with E-state index in [9.17, 15) is 10.1 Å². The van der Waals surface area contributed by atoms with Gasteiger partial charge in [-0.2, -0.15) is 5.26 Å². The number of nitrogens with one attached hydrogen (secondary N) is 1. The second-order valence-electron chi connectivity index (χ2n) is 6.78. The van der Waals surface area contributed by atoms with Gasteiger partial charge in [-0.15, -0.1) is 0 Å². The van der Waals surface area contributed by atoms with Crippen LogP contribution in [0.25, 0.3) is 6.08 Å². The van der Waals surface area contributed by atoms with E-state index < -0.39 is 5.91 Å². The highest BCUT2D eigenvalue weighted by atomic mass is 79.9. The summed E-state index contributed by atoms with van der Waals surface area (Å²) in [4.78, 5) is 12.6. The maximum Gasteiger partial charge on any atom is 0.266 e. The van der Waals surface area contributed by atoms with Crippen LogP contribution in [0.2, 0.25) is 5.02 Å². The van der Waals surface area contributed by atoms with Gasteiger partial charge < -0.3 is 10.1 Å². The molecule has 0 unspecified atom stereocenters. The van der Waals surface area contributed by atoms with Crippen molar-refractivity contribution in [3.05, 3.63) is 98.5 Å². The lowest BCUT2D eigenvalue weighted by Crippen LogP contribution is -2.13. The molecule has 0 atom stereocenters. The summed E-state index contributed by atoms with van der Waals surface area (Å²) in [5.74, 6) is 0.0727. The van der Waals surface area contributed by atoms with Gasteiger partial charge in [-0.3, -0.25) is 4.79 Å². The van der Waals surface area contributed by atoms with Gasteiger partial charge in [0.2, 0.25) is 0 Å². The number of nitrogens with zero attached hydrogens (tertiary/aromatic N) is 1. The van der Waals surface area contributed by atoms with Crippen molar-refractivity contribution in [3.8, 4) is 11.8 Å². The molecule has 31 heavy (non-hydrogen) atoms. The van der Waals surface area contributed by atoms with Crippen molar-refractivity contribution >= 4 is 45.2 Å². The number of anilines is 1. The Balaban J connectivity index is 1.81. The molecule has 0 radical (unpaired) electrons. The number of hydrogen-bond donors (Lipinski definition) is 1. The zero-order valence-corrected chi connectivity index (χ0v) is 19.2. The van der Waals surface area contributed by atoms with Gasteiger partial charge in [0.05, 0.1) is 0 Å². The number of amides is 1. The van der Waals surface area contributed by atoms with Crippen molar-refractivity contribution in [1.82, 2.24) is 0 Å². The average molecular weight is 496 g/mol. The highest BCUT2D eigenvalue weighted by Gasteiger charge is 2.12. The predicted molar refractivity (Wildman–Crippen MR) is 128 cm³/mol. The Morgan fingerprint density at radius 2 is 1.90 bits per heavy atom. The monoisotopic (exact) mass is 494 g/mol. The van der Waals surface area contributed by atoms with Gasteiger partial charge in [0.15, 0.2) is 0 Å². The molecule has 0 aliphatic carbocycles. The largest absolute Gasteiger partial charge is 0.488 e. The van der Waals surface area contributed by atoms with E-state index in [2.05, 4.69) is 28.2 Å². The van der Waals surface area contributed by atoms with Crippen LogP contribution in [0, 0.1) is 11.3 Å². The Bertz CT molecular complexity index is 1150. The number of halogens is 2. The average Bonchev–Trinajstić information content (AvgIpc) is 2.77. The normalized spacial score (nSPS) is 11.0. The number of carbonyl (C=O) groups excluding carboxylic acids is 1. The first-order valence-corrected chi connectivity index (χ1v) is 10.8. The quantitative estimate of drug-likeness (QED) is 0.290. The molecule has 4 nitrogen and oxygen atoms in total. The minimum Gasteiger partial charge on any atom is -0.488 e. The molecule has 0 heterocycles. The molecule has 0 aromatic heterocycles. The number of carbonyl (C=O) groups is 1. The fraction of sp³-hybridized carbons (Fsp3) is 0.120. The van der Waals surface area contributed by atoms with E-state index in [1.165, 1.54) is 11.6 Å². The fourth-order valence-corrected chi connectivity index (χ4v) is 3.47. The summed E-state index contributed by atoms with van der Waals surface area (Å²) in [5.41, 5.74) is 3.31. The summed E-state index contributed by atoms with van der Waals surface area (Å²) in [6.45, 7) is 2.37. The lowest BCUT2D eigenvalue weighted by molar-refractivity contribution is -0.112.